The van der Waals surface area contributed by atoms with Crippen molar-refractivity contribution in [2.45, 2.75) is 18.9 Å². The molecule has 7 nitrogen and oxygen atoms in total. The zero-order valence-corrected chi connectivity index (χ0v) is 12.6. The molecule has 0 atom stereocenters. The van der Waals surface area contributed by atoms with Gasteiger partial charge in [-0.25, -0.2) is 4.79 Å². The maximum absolute atomic E-state index is 12.4. The molecule has 1 aromatic heterocycles. The molecule has 0 bridgehead atoms. The summed E-state index contributed by atoms with van der Waals surface area (Å²) in [6.07, 6.45) is 3.32. The van der Waals surface area contributed by atoms with Crippen LogP contribution in [0.1, 0.15) is 23.3 Å². The number of carbonyl (C=O) groups excluding carboxylic acids is 2. The summed E-state index contributed by atoms with van der Waals surface area (Å²) < 4.78 is 5.27. The van der Waals surface area contributed by atoms with Crippen molar-refractivity contribution >= 4 is 11.9 Å². The van der Waals surface area contributed by atoms with Gasteiger partial charge in [-0.15, -0.1) is 0 Å². The van der Waals surface area contributed by atoms with Crippen molar-refractivity contribution in [1.82, 2.24) is 20.1 Å². The Hall–Kier alpha value is -2.02. The van der Waals surface area contributed by atoms with Crippen molar-refractivity contribution < 1.29 is 14.3 Å². The Kier molecular flexibility index (Phi) is 4.62. The number of likely N-dealkylation sites (tertiary alicyclic amines) is 1. The van der Waals surface area contributed by atoms with Crippen molar-refractivity contribution in [1.29, 1.82) is 0 Å². The first kappa shape index (κ1) is 14.9. The molecule has 7 heteroatoms. The SMILES string of the molecule is O=C(NC1CCN(C(=O)N2CCOCC2)CC1)c1ccc[nH]1. The van der Waals surface area contributed by atoms with Gasteiger partial charge in [0.1, 0.15) is 5.69 Å². The predicted molar refractivity (Wildman–Crippen MR) is 80.6 cm³/mol. The van der Waals surface area contributed by atoms with Crippen molar-refractivity contribution in [3.8, 4) is 0 Å². The van der Waals surface area contributed by atoms with Crippen molar-refractivity contribution in [2.24, 2.45) is 0 Å². The fourth-order valence-corrected chi connectivity index (χ4v) is 2.90. The van der Waals surface area contributed by atoms with E-state index in [1.165, 1.54) is 0 Å². The highest BCUT2D eigenvalue weighted by molar-refractivity contribution is 5.92. The summed E-state index contributed by atoms with van der Waals surface area (Å²) >= 11 is 0. The zero-order chi connectivity index (χ0) is 15.4. The zero-order valence-electron chi connectivity index (χ0n) is 12.6. The van der Waals surface area contributed by atoms with E-state index < -0.39 is 0 Å². The number of carbonyl (C=O) groups is 2. The van der Waals surface area contributed by atoms with Crippen LogP contribution in [-0.2, 0) is 4.74 Å². The fourth-order valence-electron chi connectivity index (χ4n) is 2.90. The number of hydrogen-bond donors (Lipinski definition) is 2. The van der Waals surface area contributed by atoms with Gasteiger partial charge in [0, 0.05) is 38.4 Å². The molecule has 1 aromatic rings. The number of morpholine rings is 1. The minimum Gasteiger partial charge on any atom is -0.378 e. The van der Waals surface area contributed by atoms with E-state index in [0.717, 1.165) is 12.8 Å². The lowest BCUT2D eigenvalue weighted by atomic mass is 10.1. The highest BCUT2D eigenvalue weighted by Crippen LogP contribution is 2.14. The molecule has 2 aliphatic heterocycles. The van der Waals surface area contributed by atoms with Crippen LogP contribution in [0.15, 0.2) is 18.3 Å². The summed E-state index contributed by atoms with van der Waals surface area (Å²) in [5, 5.41) is 3.02. The Balaban J connectivity index is 1.46. The van der Waals surface area contributed by atoms with Crippen LogP contribution in [0, 0.1) is 0 Å². The van der Waals surface area contributed by atoms with Gasteiger partial charge in [-0.2, -0.15) is 0 Å². The van der Waals surface area contributed by atoms with Crippen LogP contribution in [0.3, 0.4) is 0 Å². The third-order valence-corrected chi connectivity index (χ3v) is 4.22. The van der Waals surface area contributed by atoms with Gasteiger partial charge in [-0.05, 0) is 25.0 Å². The molecule has 22 heavy (non-hydrogen) atoms. The van der Waals surface area contributed by atoms with Gasteiger partial charge < -0.3 is 24.8 Å². The van der Waals surface area contributed by atoms with Gasteiger partial charge in [-0.1, -0.05) is 0 Å². The average Bonchev–Trinajstić information content (AvgIpc) is 3.10. The number of ether oxygens (including phenoxy) is 1. The summed E-state index contributed by atoms with van der Waals surface area (Å²) in [4.78, 5) is 31.0. The number of hydrogen-bond acceptors (Lipinski definition) is 3. The molecule has 2 N–H and O–H groups in total. The molecule has 0 radical (unpaired) electrons. The first-order valence-corrected chi connectivity index (χ1v) is 7.80. The summed E-state index contributed by atoms with van der Waals surface area (Å²) in [7, 11) is 0. The van der Waals surface area contributed by atoms with Gasteiger partial charge in [0.2, 0.25) is 0 Å². The topological polar surface area (TPSA) is 77.7 Å². The number of amides is 3. The van der Waals surface area contributed by atoms with Gasteiger partial charge in [-0.3, -0.25) is 4.79 Å². The minimum absolute atomic E-state index is 0.0806. The summed E-state index contributed by atoms with van der Waals surface area (Å²) in [6, 6.07) is 3.78. The minimum atomic E-state index is -0.0806. The molecule has 3 rings (SSSR count). The van der Waals surface area contributed by atoms with Crippen LogP contribution in [0.2, 0.25) is 0 Å². The molecular formula is C15H22N4O3. The molecule has 2 aliphatic rings. The molecule has 2 fully saturated rings. The number of nitrogens with zero attached hydrogens (tertiary/aromatic N) is 2. The number of H-pyrrole nitrogens is 1. The van der Waals surface area contributed by atoms with Gasteiger partial charge in [0.15, 0.2) is 0 Å². The highest BCUT2D eigenvalue weighted by atomic mass is 16.5. The lowest BCUT2D eigenvalue weighted by molar-refractivity contribution is 0.0407. The number of aromatic amines is 1. The van der Waals surface area contributed by atoms with Crippen LogP contribution in [0.4, 0.5) is 4.79 Å². The van der Waals surface area contributed by atoms with Crippen molar-refractivity contribution in [3.05, 3.63) is 24.0 Å². The number of urea groups is 1. The van der Waals surface area contributed by atoms with Gasteiger partial charge in [0.25, 0.3) is 5.91 Å². The Labute approximate surface area is 129 Å². The Bertz CT molecular complexity index is 503. The first-order chi connectivity index (χ1) is 10.7. The molecule has 0 spiro atoms. The van der Waals surface area contributed by atoms with E-state index >= 15 is 0 Å². The van der Waals surface area contributed by atoms with Crippen LogP contribution in [0.25, 0.3) is 0 Å². The summed E-state index contributed by atoms with van der Waals surface area (Å²) in [5.74, 6) is -0.0806. The largest absolute Gasteiger partial charge is 0.378 e. The maximum atomic E-state index is 12.4. The smallest absolute Gasteiger partial charge is 0.320 e. The Morgan fingerprint density at radius 2 is 1.82 bits per heavy atom. The van der Waals surface area contributed by atoms with Crippen LogP contribution >= 0.6 is 0 Å². The molecule has 0 aromatic carbocycles. The predicted octanol–water partition coefficient (Wildman–Crippen LogP) is 0.661. The molecule has 3 amide bonds. The molecule has 2 saturated heterocycles. The monoisotopic (exact) mass is 306 g/mol. The normalized spacial score (nSPS) is 20.0. The van der Waals surface area contributed by atoms with Crippen LogP contribution in [0.5, 0.6) is 0 Å². The van der Waals surface area contributed by atoms with E-state index in [2.05, 4.69) is 10.3 Å². The second-order valence-corrected chi connectivity index (χ2v) is 5.70. The van der Waals surface area contributed by atoms with E-state index in [-0.39, 0.29) is 18.0 Å². The second kappa shape index (κ2) is 6.83. The van der Waals surface area contributed by atoms with Gasteiger partial charge in [0.05, 0.1) is 13.2 Å². The number of piperidine rings is 1. The number of nitrogens with one attached hydrogen (secondary N) is 2. The van der Waals surface area contributed by atoms with E-state index in [0.29, 0.717) is 45.1 Å². The average molecular weight is 306 g/mol. The van der Waals surface area contributed by atoms with E-state index in [1.54, 1.807) is 18.3 Å². The molecule has 0 unspecified atom stereocenters. The van der Waals surface area contributed by atoms with Gasteiger partial charge >= 0.3 is 6.03 Å². The van der Waals surface area contributed by atoms with Crippen LogP contribution in [-0.4, -0.2) is 72.2 Å². The standard InChI is InChI=1S/C15H22N4O3/c20-14(13-2-1-5-16-13)17-12-3-6-18(7-4-12)15(21)19-8-10-22-11-9-19/h1-2,5,12,16H,3-4,6-11H2,(H,17,20). The quantitative estimate of drug-likeness (QED) is 0.842. The summed E-state index contributed by atoms with van der Waals surface area (Å²) in [5.41, 5.74) is 0.576. The third-order valence-electron chi connectivity index (χ3n) is 4.22. The first-order valence-electron chi connectivity index (χ1n) is 7.80. The van der Waals surface area contributed by atoms with Crippen LogP contribution < -0.4 is 5.32 Å². The van der Waals surface area contributed by atoms with E-state index in [1.807, 2.05) is 9.80 Å². The Morgan fingerprint density at radius 3 is 2.45 bits per heavy atom. The molecule has 0 aliphatic carbocycles. The van der Waals surface area contributed by atoms with E-state index in [4.69, 9.17) is 4.74 Å². The van der Waals surface area contributed by atoms with Crippen molar-refractivity contribution in [3.63, 3.8) is 0 Å². The fraction of sp³-hybridized carbons (Fsp3) is 0.600. The van der Waals surface area contributed by atoms with Crippen molar-refractivity contribution in [2.75, 3.05) is 39.4 Å². The molecule has 0 saturated carbocycles. The van der Waals surface area contributed by atoms with E-state index in [9.17, 15) is 9.59 Å². The number of rotatable bonds is 2. The highest BCUT2D eigenvalue weighted by Gasteiger charge is 2.28. The molecule has 120 valence electrons. The number of aromatic nitrogens is 1. The third kappa shape index (κ3) is 3.41. The summed E-state index contributed by atoms with van der Waals surface area (Å²) in [6.45, 7) is 3.95. The maximum Gasteiger partial charge on any atom is 0.320 e. The second-order valence-electron chi connectivity index (χ2n) is 5.70. The lowest BCUT2D eigenvalue weighted by Crippen LogP contribution is -2.52. The molecular weight excluding hydrogens is 284 g/mol. The Morgan fingerprint density at radius 1 is 1.14 bits per heavy atom. The lowest BCUT2D eigenvalue weighted by Gasteiger charge is -2.37. The molecule has 3 heterocycles.